The molecule has 0 aromatic heterocycles. The first-order valence-electron chi connectivity index (χ1n) is 7.98. The van der Waals surface area contributed by atoms with E-state index in [0.29, 0.717) is 12.8 Å². The van der Waals surface area contributed by atoms with Crippen molar-refractivity contribution < 1.29 is 60.2 Å². The number of rotatable bonds is 4. The van der Waals surface area contributed by atoms with E-state index in [0.717, 1.165) is 0 Å². The number of ether oxygens (including phenoxy) is 2. The summed E-state index contributed by atoms with van der Waals surface area (Å²) in [6.45, 7) is -0.744. The number of carbonyl (C=O) groups excluding carboxylic acids is 2. The van der Waals surface area contributed by atoms with Crippen LogP contribution in [0.15, 0.2) is 0 Å². The van der Waals surface area contributed by atoms with Gasteiger partial charge in [0.2, 0.25) is 0 Å². The number of alkyl halides is 6. The number of hydrogen-bond donors (Lipinski definition) is 0. The predicted octanol–water partition coefficient (Wildman–Crippen LogP) is 2.06. The minimum absolute atomic E-state index is 0.145. The van der Waals surface area contributed by atoms with E-state index >= 15 is 0 Å². The summed E-state index contributed by atoms with van der Waals surface area (Å²) in [6, 6.07) is 0. The van der Waals surface area contributed by atoms with Gasteiger partial charge in [-0.3, -0.25) is 9.59 Å². The molecule has 4 aliphatic rings. The van der Waals surface area contributed by atoms with Gasteiger partial charge in [0.25, 0.3) is 6.29 Å². The van der Waals surface area contributed by atoms with E-state index in [1.165, 1.54) is 0 Å². The SMILES string of the molecule is O=C1OC2C(COC(=O)C(C3OOO3)(C(F)(F)F)C(F)(F)F)C3CC1C2C3. The Morgan fingerprint density at radius 1 is 1.07 bits per heavy atom. The van der Waals surface area contributed by atoms with Crippen LogP contribution in [0.3, 0.4) is 0 Å². The van der Waals surface area contributed by atoms with Crippen molar-refractivity contribution >= 4 is 11.9 Å². The first kappa shape index (κ1) is 18.7. The molecule has 7 nitrogen and oxygen atoms in total. The lowest BCUT2D eigenvalue weighted by Crippen LogP contribution is -2.66. The second-order valence-corrected chi connectivity index (χ2v) is 7.06. The molecule has 2 saturated carbocycles. The van der Waals surface area contributed by atoms with Gasteiger partial charge in [0.1, 0.15) is 6.10 Å². The van der Waals surface area contributed by atoms with E-state index < -0.39 is 54.6 Å². The monoisotopic (exact) mass is 406 g/mol. The maximum absolute atomic E-state index is 13.3. The molecule has 5 unspecified atom stereocenters. The van der Waals surface area contributed by atoms with Gasteiger partial charge in [0.05, 0.1) is 12.5 Å². The Hall–Kier alpha value is -1.60. The molecule has 0 aromatic carbocycles. The summed E-state index contributed by atoms with van der Waals surface area (Å²) in [5.74, 6) is -4.32. The van der Waals surface area contributed by atoms with Crippen molar-refractivity contribution in [3.8, 4) is 0 Å². The van der Waals surface area contributed by atoms with Crippen LogP contribution in [0.4, 0.5) is 26.3 Å². The maximum Gasteiger partial charge on any atom is 0.419 e. The third-order valence-corrected chi connectivity index (χ3v) is 5.88. The van der Waals surface area contributed by atoms with Crippen molar-refractivity contribution in [1.82, 2.24) is 0 Å². The molecule has 2 heterocycles. The Balaban J connectivity index is 1.54. The van der Waals surface area contributed by atoms with Crippen LogP contribution in [0.1, 0.15) is 12.8 Å². The van der Waals surface area contributed by atoms with Gasteiger partial charge in [-0.2, -0.15) is 36.1 Å². The van der Waals surface area contributed by atoms with E-state index in [-0.39, 0.29) is 17.8 Å². The molecule has 2 aliphatic heterocycles. The quantitative estimate of drug-likeness (QED) is 0.402. The smallest absolute Gasteiger partial charge is 0.419 e. The zero-order valence-corrected chi connectivity index (χ0v) is 13.2. The Morgan fingerprint density at radius 3 is 2.22 bits per heavy atom. The van der Waals surface area contributed by atoms with Crippen molar-refractivity contribution in [2.45, 2.75) is 37.6 Å². The fraction of sp³-hybridized carbons (Fsp3) is 0.857. The lowest BCUT2D eigenvalue weighted by Gasteiger charge is -2.41. The fourth-order valence-corrected chi connectivity index (χ4v) is 4.57. The normalized spacial score (nSPS) is 35.9. The van der Waals surface area contributed by atoms with Crippen LogP contribution in [-0.4, -0.2) is 43.3 Å². The van der Waals surface area contributed by atoms with Gasteiger partial charge in [-0.15, -0.1) is 0 Å². The molecular formula is C14H12F6O7. The zero-order valence-electron chi connectivity index (χ0n) is 13.2. The van der Waals surface area contributed by atoms with E-state index in [2.05, 4.69) is 19.6 Å². The third-order valence-electron chi connectivity index (χ3n) is 5.88. The molecule has 0 radical (unpaired) electrons. The maximum atomic E-state index is 13.3. The standard InChI is InChI=1S/C14H12F6O7/c15-13(16,17)12(14(18,19)20,11-25-27-26-11)10(22)23-3-7-4-1-5-6(2-4)9(21)24-8(5)7/h4-8,11H,1-3H2. The van der Waals surface area contributed by atoms with E-state index in [1.807, 2.05) is 0 Å². The van der Waals surface area contributed by atoms with Crippen LogP contribution < -0.4 is 0 Å². The number of carbonyl (C=O) groups is 2. The summed E-state index contributed by atoms with van der Waals surface area (Å²) in [7, 11) is 0. The molecule has 2 saturated heterocycles. The minimum Gasteiger partial charge on any atom is -0.464 e. The van der Waals surface area contributed by atoms with Crippen molar-refractivity contribution in [2.75, 3.05) is 6.61 Å². The van der Waals surface area contributed by atoms with Crippen molar-refractivity contribution in [2.24, 2.45) is 29.1 Å². The molecule has 2 aliphatic carbocycles. The van der Waals surface area contributed by atoms with E-state index in [9.17, 15) is 35.9 Å². The molecule has 0 N–H and O–H groups in total. The second kappa shape index (κ2) is 5.70. The molecular weight excluding hydrogens is 394 g/mol. The number of halogens is 6. The molecule has 4 rings (SSSR count). The van der Waals surface area contributed by atoms with E-state index in [1.54, 1.807) is 0 Å². The van der Waals surface area contributed by atoms with Crippen LogP contribution in [0.2, 0.25) is 0 Å². The van der Waals surface area contributed by atoms with Gasteiger partial charge in [-0.1, -0.05) is 5.04 Å². The summed E-state index contributed by atoms with van der Waals surface area (Å²) >= 11 is 0. The number of fused-ring (bicyclic) bond motifs is 1. The van der Waals surface area contributed by atoms with Crippen molar-refractivity contribution in [3.63, 3.8) is 0 Å². The first-order chi connectivity index (χ1) is 12.5. The molecule has 0 amide bonds. The summed E-state index contributed by atoms with van der Waals surface area (Å²) in [5, 5.41) is 3.49. The molecule has 27 heavy (non-hydrogen) atoms. The summed E-state index contributed by atoms with van der Waals surface area (Å²) < 4.78 is 89.6. The molecule has 152 valence electrons. The second-order valence-electron chi connectivity index (χ2n) is 7.06. The minimum atomic E-state index is -6.13. The number of hydrogen-bond acceptors (Lipinski definition) is 7. The number of esters is 2. The third kappa shape index (κ3) is 2.40. The van der Waals surface area contributed by atoms with Gasteiger partial charge in [-0.25, -0.2) is 0 Å². The lowest BCUT2D eigenvalue weighted by molar-refractivity contribution is -0.715. The van der Waals surface area contributed by atoms with Crippen LogP contribution in [0, 0.1) is 29.1 Å². The fourth-order valence-electron chi connectivity index (χ4n) is 4.57. The summed E-state index contributed by atoms with van der Waals surface area (Å²) in [6.07, 6.45) is -15.0. The van der Waals surface area contributed by atoms with Gasteiger partial charge < -0.3 is 9.47 Å². The summed E-state index contributed by atoms with van der Waals surface area (Å²) in [4.78, 5) is 31.1. The Bertz CT molecular complexity index is 643. The first-order valence-corrected chi connectivity index (χ1v) is 7.98. The molecule has 5 atom stereocenters. The topological polar surface area (TPSA) is 80.3 Å². The Kier molecular flexibility index (Phi) is 3.96. The predicted molar refractivity (Wildman–Crippen MR) is 65.6 cm³/mol. The lowest BCUT2D eigenvalue weighted by atomic mass is 9.82. The molecule has 13 heteroatoms. The Morgan fingerprint density at radius 2 is 1.70 bits per heavy atom. The Labute approximate surface area is 146 Å². The largest absolute Gasteiger partial charge is 0.464 e. The molecule has 0 aromatic rings. The average molecular weight is 406 g/mol. The van der Waals surface area contributed by atoms with Crippen LogP contribution in [-0.2, 0) is 33.9 Å². The van der Waals surface area contributed by atoms with E-state index in [4.69, 9.17) is 4.74 Å². The molecule has 4 fully saturated rings. The van der Waals surface area contributed by atoms with Gasteiger partial charge >= 0.3 is 29.7 Å². The highest BCUT2D eigenvalue weighted by Crippen LogP contribution is 2.59. The van der Waals surface area contributed by atoms with Crippen molar-refractivity contribution in [1.29, 1.82) is 0 Å². The van der Waals surface area contributed by atoms with Gasteiger partial charge in [0.15, 0.2) is 0 Å². The van der Waals surface area contributed by atoms with Crippen LogP contribution >= 0.6 is 0 Å². The average Bonchev–Trinajstić information content (AvgIpc) is 3.08. The van der Waals surface area contributed by atoms with Gasteiger partial charge in [0, 0.05) is 11.8 Å². The van der Waals surface area contributed by atoms with Crippen LogP contribution in [0.25, 0.3) is 0 Å². The molecule has 0 spiro atoms. The van der Waals surface area contributed by atoms with Crippen molar-refractivity contribution in [3.05, 3.63) is 0 Å². The highest BCUT2D eigenvalue weighted by Gasteiger charge is 2.84. The highest BCUT2D eigenvalue weighted by molar-refractivity contribution is 5.80. The van der Waals surface area contributed by atoms with Crippen LogP contribution in [0.5, 0.6) is 0 Å². The highest BCUT2D eigenvalue weighted by atomic mass is 19.4. The molecule has 2 bridgehead atoms. The summed E-state index contributed by atoms with van der Waals surface area (Å²) in [5.41, 5.74) is -5.06. The zero-order chi connectivity index (χ0) is 19.8. The van der Waals surface area contributed by atoms with Gasteiger partial charge in [-0.05, 0) is 18.8 Å².